The molecule has 0 atom stereocenters. The molecule has 2 aromatic carbocycles. The molecule has 3 rings (SSSR count). The molecule has 5 nitrogen and oxygen atoms in total. The van der Waals surface area contributed by atoms with Crippen molar-refractivity contribution < 1.29 is 9.47 Å². The van der Waals surface area contributed by atoms with E-state index in [2.05, 4.69) is 9.97 Å². The van der Waals surface area contributed by atoms with E-state index in [1.54, 1.807) is 7.11 Å². The van der Waals surface area contributed by atoms with Gasteiger partial charge in [0, 0.05) is 7.11 Å². The Morgan fingerprint density at radius 2 is 1.82 bits per heavy atom. The third-order valence-corrected chi connectivity index (χ3v) is 3.38. The summed E-state index contributed by atoms with van der Waals surface area (Å²) in [6.45, 7) is 1.08. The second-order valence-electron chi connectivity index (χ2n) is 4.83. The van der Waals surface area contributed by atoms with Gasteiger partial charge in [0.05, 0.1) is 23.8 Å². The molecule has 0 aliphatic carbocycles. The zero-order valence-corrected chi connectivity index (χ0v) is 12.2. The number of ether oxygens (including phenoxy) is 2. The standard InChI is InChI=1S/C17H16N2O3/c1-21-8-9-22-14-5-2-12(3-6-14)13-4-7-16-15(10-13)17(20)19-11-18-16/h2-7,10-11H,8-9H2,1H3,(H,18,19,20). The van der Waals surface area contributed by atoms with Crippen molar-refractivity contribution in [1.82, 2.24) is 9.97 Å². The van der Waals surface area contributed by atoms with Gasteiger partial charge in [0.15, 0.2) is 0 Å². The first kappa shape index (κ1) is 14.3. The summed E-state index contributed by atoms with van der Waals surface area (Å²) in [5, 5.41) is 0.584. The van der Waals surface area contributed by atoms with Gasteiger partial charge in [-0.05, 0) is 35.4 Å². The molecule has 0 saturated carbocycles. The van der Waals surface area contributed by atoms with E-state index in [1.807, 2.05) is 42.5 Å². The van der Waals surface area contributed by atoms with E-state index in [-0.39, 0.29) is 5.56 Å². The van der Waals surface area contributed by atoms with Gasteiger partial charge >= 0.3 is 0 Å². The van der Waals surface area contributed by atoms with Gasteiger partial charge in [0.2, 0.25) is 0 Å². The number of H-pyrrole nitrogens is 1. The van der Waals surface area contributed by atoms with Crippen LogP contribution >= 0.6 is 0 Å². The number of nitrogens with one attached hydrogen (secondary N) is 1. The van der Waals surface area contributed by atoms with E-state index >= 15 is 0 Å². The average Bonchev–Trinajstić information content (AvgIpc) is 2.56. The number of fused-ring (bicyclic) bond motifs is 1. The van der Waals surface area contributed by atoms with E-state index < -0.39 is 0 Å². The van der Waals surface area contributed by atoms with Crippen molar-refractivity contribution in [3.8, 4) is 16.9 Å². The van der Waals surface area contributed by atoms with Crippen molar-refractivity contribution >= 4 is 10.9 Å². The molecule has 0 unspecified atom stereocenters. The number of methoxy groups -OCH3 is 1. The Morgan fingerprint density at radius 1 is 1.05 bits per heavy atom. The van der Waals surface area contributed by atoms with Crippen LogP contribution in [-0.4, -0.2) is 30.3 Å². The summed E-state index contributed by atoms with van der Waals surface area (Å²) in [6.07, 6.45) is 1.41. The average molecular weight is 296 g/mol. The smallest absolute Gasteiger partial charge is 0.258 e. The number of benzene rings is 2. The Hall–Kier alpha value is -2.66. The summed E-state index contributed by atoms with van der Waals surface area (Å²) < 4.78 is 10.5. The van der Waals surface area contributed by atoms with Crippen LogP contribution < -0.4 is 10.3 Å². The quantitative estimate of drug-likeness (QED) is 0.735. The van der Waals surface area contributed by atoms with Gasteiger partial charge in [-0.3, -0.25) is 4.79 Å². The van der Waals surface area contributed by atoms with Gasteiger partial charge in [0.1, 0.15) is 12.4 Å². The summed E-state index contributed by atoms with van der Waals surface area (Å²) in [5.41, 5.74) is 2.54. The van der Waals surface area contributed by atoms with Crippen molar-refractivity contribution in [2.24, 2.45) is 0 Å². The van der Waals surface area contributed by atoms with Crippen molar-refractivity contribution in [2.45, 2.75) is 0 Å². The first-order chi connectivity index (χ1) is 10.8. The van der Waals surface area contributed by atoms with Crippen LogP contribution in [0.5, 0.6) is 5.75 Å². The van der Waals surface area contributed by atoms with Crippen molar-refractivity contribution in [2.75, 3.05) is 20.3 Å². The van der Waals surface area contributed by atoms with Crippen LogP contribution in [0.3, 0.4) is 0 Å². The lowest BCUT2D eigenvalue weighted by Crippen LogP contribution is -2.06. The third-order valence-electron chi connectivity index (χ3n) is 3.38. The highest BCUT2D eigenvalue weighted by atomic mass is 16.5. The van der Waals surface area contributed by atoms with E-state index in [0.29, 0.717) is 24.1 Å². The molecule has 0 spiro atoms. The Kier molecular flexibility index (Phi) is 4.16. The summed E-state index contributed by atoms with van der Waals surface area (Å²) in [6, 6.07) is 13.4. The number of aromatic amines is 1. The molecule has 3 aromatic rings. The van der Waals surface area contributed by atoms with Crippen LogP contribution in [0.4, 0.5) is 0 Å². The SMILES string of the molecule is COCCOc1ccc(-c2ccc3nc[nH]c(=O)c3c2)cc1. The lowest BCUT2D eigenvalue weighted by Gasteiger charge is -2.07. The molecule has 1 aromatic heterocycles. The predicted octanol–water partition coefficient (Wildman–Crippen LogP) is 2.62. The summed E-state index contributed by atoms with van der Waals surface area (Å²) in [7, 11) is 1.64. The minimum Gasteiger partial charge on any atom is -0.491 e. The topological polar surface area (TPSA) is 64.2 Å². The van der Waals surface area contributed by atoms with E-state index in [9.17, 15) is 4.79 Å². The van der Waals surface area contributed by atoms with Crippen LogP contribution in [0.1, 0.15) is 0 Å². The van der Waals surface area contributed by atoms with Gasteiger partial charge < -0.3 is 14.5 Å². The highest BCUT2D eigenvalue weighted by Gasteiger charge is 2.04. The molecule has 1 heterocycles. The largest absolute Gasteiger partial charge is 0.491 e. The van der Waals surface area contributed by atoms with Gasteiger partial charge in [-0.15, -0.1) is 0 Å². The maximum Gasteiger partial charge on any atom is 0.258 e. The number of hydrogen-bond donors (Lipinski definition) is 1. The van der Waals surface area contributed by atoms with Crippen molar-refractivity contribution in [1.29, 1.82) is 0 Å². The van der Waals surface area contributed by atoms with Crippen LogP contribution in [0.25, 0.3) is 22.0 Å². The minimum atomic E-state index is -0.133. The molecule has 0 aliphatic heterocycles. The summed E-state index contributed by atoms with van der Waals surface area (Å²) in [5.74, 6) is 0.793. The Balaban J connectivity index is 1.87. The fourth-order valence-electron chi connectivity index (χ4n) is 2.23. The molecule has 22 heavy (non-hydrogen) atoms. The molecule has 0 bridgehead atoms. The lowest BCUT2D eigenvalue weighted by atomic mass is 10.0. The summed E-state index contributed by atoms with van der Waals surface area (Å²) in [4.78, 5) is 18.6. The first-order valence-electron chi connectivity index (χ1n) is 6.97. The maximum atomic E-state index is 11.8. The predicted molar refractivity (Wildman–Crippen MR) is 85.2 cm³/mol. The summed E-state index contributed by atoms with van der Waals surface area (Å²) >= 11 is 0. The highest BCUT2D eigenvalue weighted by Crippen LogP contribution is 2.24. The second-order valence-corrected chi connectivity index (χ2v) is 4.83. The second kappa shape index (κ2) is 6.41. The normalized spacial score (nSPS) is 10.8. The Morgan fingerprint density at radius 3 is 2.59 bits per heavy atom. The monoisotopic (exact) mass is 296 g/mol. The van der Waals surface area contributed by atoms with E-state index in [1.165, 1.54) is 6.33 Å². The fourth-order valence-corrected chi connectivity index (χ4v) is 2.23. The lowest BCUT2D eigenvalue weighted by molar-refractivity contribution is 0.146. The first-order valence-corrected chi connectivity index (χ1v) is 6.97. The molecule has 0 aliphatic rings. The third kappa shape index (κ3) is 2.99. The van der Waals surface area contributed by atoms with Crippen LogP contribution in [0.2, 0.25) is 0 Å². The van der Waals surface area contributed by atoms with Crippen molar-refractivity contribution in [3.05, 3.63) is 59.1 Å². The maximum absolute atomic E-state index is 11.8. The zero-order chi connectivity index (χ0) is 15.4. The van der Waals surface area contributed by atoms with Crippen LogP contribution in [0, 0.1) is 0 Å². The number of rotatable bonds is 5. The van der Waals surface area contributed by atoms with Crippen LogP contribution in [0.15, 0.2) is 53.6 Å². The molecule has 0 radical (unpaired) electrons. The minimum absolute atomic E-state index is 0.133. The van der Waals surface area contributed by atoms with Crippen molar-refractivity contribution in [3.63, 3.8) is 0 Å². The molecule has 5 heteroatoms. The van der Waals surface area contributed by atoms with Gasteiger partial charge in [-0.25, -0.2) is 4.98 Å². The molecular weight excluding hydrogens is 280 g/mol. The van der Waals surface area contributed by atoms with Crippen LogP contribution in [-0.2, 0) is 4.74 Å². The van der Waals surface area contributed by atoms with E-state index in [4.69, 9.17) is 9.47 Å². The van der Waals surface area contributed by atoms with Gasteiger partial charge in [-0.1, -0.05) is 18.2 Å². The van der Waals surface area contributed by atoms with Gasteiger partial charge in [-0.2, -0.15) is 0 Å². The molecule has 112 valence electrons. The number of hydrogen-bond acceptors (Lipinski definition) is 4. The molecule has 0 amide bonds. The number of nitrogens with zero attached hydrogens (tertiary/aromatic N) is 1. The zero-order valence-electron chi connectivity index (χ0n) is 12.2. The molecular formula is C17H16N2O3. The Labute approximate surface area is 127 Å². The molecule has 1 N–H and O–H groups in total. The fraction of sp³-hybridized carbons (Fsp3) is 0.176. The van der Waals surface area contributed by atoms with E-state index in [0.717, 1.165) is 16.9 Å². The number of aromatic nitrogens is 2. The Bertz CT molecular complexity index is 825. The molecule has 0 fully saturated rings. The van der Waals surface area contributed by atoms with Gasteiger partial charge in [0.25, 0.3) is 5.56 Å². The highest BCUT2D eigenvalue weighted by molar-refractivity contribution is 5.83. The molecule has 0 saturated heterocycles.